The maximum atomic E-state index is 13.2. The first kappa shape index (κ1) is 17.7. The van der Waals surface area contributed by atoms with Crippen LogP contribution in [0.15, 0.2) is 0 Å². The number of hydrogen-bond acceptors (Lipinski definition) is 4. The molecule has 0 aromatic heterocycles. The Bertz CT molecular complexity index is 408. The van der Waals surface area contributed by atoms with E-state index >= 15 is 0 Å². The lowest BCUT2D eigenvalue weighted by Gasteiger charge is -2.37. The highest BCUT2D eigenvalue weighted by Crippen LogP contribution is 2.40. The van der Waals surface area contributed by atoms with Gasteiger partial charge in [-0.3, -0.25) is 4.90 Å². The summed E-state index contributed by atoms with van der Waals surface area (Å²) in [5.74, 6) is -2.08. The minimum Gasteiger partial charge on any atom is -0.464 e. The number of amides is 1. The van der Waals surface area contributed by atoms with Crippen molar-refractivity contribution >= 4 is 12.1 Å². The maximum Gasteiger partial charge on any atom is 0.411 e. The molecule has 1 aliphatic heterocycles. The van der Waals surface area contributed by atoms with E-state index in [1.807, 2.05) is 0 Å². The fourth-order valence-corrected chi connectivity index (χ4v) is 2.49. The Labute approximate surface area is 123 Å². The number of likely N-dealkylation sites (tertiary alicyclic amines) is 1. The van der Waals surface area contributed by atoms with Gasteiger partial charge in [-0.25, -0.2) is 18.4 Å². The second-order valence-corrected chi connectivity index (χ2v) is 6.23. The van der Waals surface area contributed by atoms with Crippen LogP contribution in [-0.2, 0) is 14.3 Å². The van der Waals surface area contributed by atoms with Gasteiger partial charge >= 0.3 is 12.1 Å². The second kappa shape index (κ2) is 6.15. The van der Waals surface area contributed by atoms with Gasteiger partial charge in [0.25, 0.3) is 0 Å². The predicted octanol–water partition coefficient (Wildman–Crippen LogP) is 2.83. The van der Waals surface area contributed by atoms with Crippen molar-refractivity contribution in [2.24, 2.45) is 5.92 Å². The van der Waals surface area contributed by atoms with Crippen molar-refractivity contribution in [3.05, 3.63) is 0 Å². The van der Waals surface area contributed by atoms with Gasteiger partial charge in [0.15, 0.2) is 0 Å². The van der Waals surface area contributed by atoms with E-state index < -0.39 is 35.5 Å². The third-order valence-electron chi connectivity index (χ3n) is 3.55. The number of nitrogens with zero attached hydrogens (tertiary/aromatic N) is 1. The molecule has 0 aromatic rings. The van der Waals surface area contributed by atoms with Crippen LogP contribution in [0.3, 0.4) is 0 Å². The van der Waals surface area contributed by atoms with Crippen molar-refractivity contribution in [1.29, 1.82) is 0 Å². The van der Waals surface area contributed by atoms with E-state index in [9.17, 15) is 18.4 Å². The monoisotopic (exact) mass is 307 g/mol. The number of hydrogen-bond donors (Lipinski definition) is 0. The minimum atomic E-state index is -2.72. The third-order valence-corrected chi connectivity index (χ3v) is 3.55. The zero-order valence-corrected chi connectivity index (χ0v) is 13.1. The van der Waals surface area contributed by atoms with Crippen LogP contribution in [0.4, 0.5) is 13.6 Å². The molecule has 1 amide bonds. The van der Waals surface area contributed by atoms with Crippen LogP contribution in [0.2, 0.25) is 0 Å². The highest BCUT2D eigenvalue weighted by Gasteiger charge is 2.58. The van der Waals surface area contributed by atoms with E-state index in [0.29, 0.717) is 0 Å². The normalized spacial score (nSPS) is 26.1. The fraction of sp³-hybridized carbons (Fsp3) is 0.857. The van der Waals surface area contributed by atoms with E-state index in [0.717, 1.165) is 4.90 Å². The zero-order valence-electron chi connectivity index (χ0n) is 13.1. The van der Waals surface area contributed by atoms with Crippen molar-refractivity contribution in [2.45, 2.75) is 58.6 Å². The molecule has 2 atom stereocenters. The molecule has 5 nitrogen and oxygen atoms in total. The summed E-state index contributed by atoms with van der Waals surface area (Å²) in [4.78, 5) is 25.4. The van der Waals surface area contributed by atoms with E-state index in [-0.39, 0.29) is 19.6 Å². The molecule has 0 saturated carbocycles. The number of esters is 1. The highest BCUT2D eigenvalue weighted by molar-refractivity contribution is 5.86. The first-order valence-electron chi connectivity index (χ1n) is 7.00. The molecule has 1 heterocycles. The summed E-state index contributed by atoms with van der Waals surface area (Å²) in [6.45, 7) is 8.03. The molecule has 1 saturated heterocycles. The van der Waals surface area contributed by atoms with Crippen LogP contribution in [-0.4, -0.2) is 47.7 Å². The van der Waals surface area contributed by atoms with Crippen molar-refractivity contribution in [3.63, 3.8) is 0 Å². The van der Waals surface area contributed by atoms with Crippen LogP contribution in [0.25, 0.3) is 0 Å². The van der Waals surface area contributed by atoms with E-state index in [1.54, 1.807) is 27.7 Å². The largest absolute Gasteiger partial charge is 0.464 e. The van der Waals surface area contributed by atoms with E-state index in [2.05, 4.69) is 0 Å². The number of rotatable bonds is 3. The second-order valence-electron chi connectivity index (χ2n) is 6.23. The molecule has 0 bridgehead atoms. The summed E-state index contributed by atoms with van der Waals surface area (Å²) in [6.07, 6.45) is -3.46. The molecule has 1 rings (SSSR count). The van der Waals surface area contributed by atoms with E-state index in [1.165, 1.54) is 6.92 Å². The van der Waals surface area contributed by atoms with Crippen LogP contribution in [0.5, 0.6) is 0 Å². The van der Waals surface area contributed by atoms with Gasteiger partial charge < -0.3 is 9.47 Å². The van der Waals surface area contributed by atoms with Gasteiger partial charge in [-0.15, -0.1) is 0 Å². The van der Waals surface area contributed by atoms with Crippen molar-refractivity contribution < 1.29 is 27.8 Å². The van der Waals surface area contributed by atoms with Crippen molar-refractivity contribution in [3.8, 4) is 0 Å². The molecule has 0 spiro atoms. The standard InChI is InChI=1S/C14H23F2NO4/c1-6-20-11(18)14(5)9(10(15)16)7-8-17(14)12(19)21-13(2,3)4/h9-10H,6-8H2,1-5H3/t9-,14+/m0/s1. The number of halogens is 2. The molecule has 0 aromatic carbocycles. The molecule has 1 fully saturated rings. The first-order valence-corrected chi connectivity index (χ1v) is 7.00. The Morgan fingerprint density at radius 2 is 1.95 bits per heavy atom. The molecule has 7 heteroatoms. The predicted molar refractivity (Wildman–Crippen MR) is 72.1 cm³/mol. The zero-order chi connectivity index (χ0) is 16.4. The maximum absolute atomic E-state index is 13.2. The van der Waals surface area contributed by atoms with Gasteiger partial charge in [-0.2, -0.15) is 0 Å². The summed E-state index contributed by atoms with van der Waals surface area (Å²) >= 11 is 0. The van der Waals surface area contributed by atoms with Gasteiger partial charge in [0.05, 0.1) is 12.5 Å². The minimum absolute atomic E-state index is 0.0340. The number of carbonyl (C=O) groups excluding carboxylic acids is 2. The summed E-state index contributed by atoms with van der Waals surface area (Å²) in [7, 11) is 0. The summed E-state index contributed by atoms with van der Waals surface area (Å²) in [6, 6.07) is 0. The molecule has 0 radical (unpaired) electrons. The third kappa shape index (κ3) is 3.63. The molecular formula is C14H23F2NO4. The van der Waals surface area contributed by atoms with Gasteiger partial charge in [0.2, 0.25) is 6.43 Å². The molecule has 0 N–H and O–H groups in total. The van der Waals surface area contributed by atoms with Crippen molar-refractivity contribution in [2.75, 3.05) is 13.2 Å². The molecule has 21 heavy (non-hydrogen) atoms. The number of carbonyl (C=O) groups is 2. The topological polar surface area (TPSA) is 55.8 Å². The molecular weight excluding hydrogens is 284 g/mol. The fourth-order valence-electron chi connectivity index (χ4n) is 2.49. The first-order chi connectivity index (χ1) is 9.54. The molecule has 0 aliphatic carbocycles. The Morgan fingerprint density at radius 1 is 1.38 bits per heavy atom. The lowest BCUT2D eigenvalue weighted by atomic mass is 9.87. The highest BCUT2D eigenvalue weighted by atomic mass is 19.3. The van der Waals surface area contributed by atoms with Gasteiger partial charge in [-0.1, -0.05) is 0 Å². The molecule has 122 valence electrons. The lowest BCUT2D eigenvalue weighted by molar-refractivity contribution is -0.160. The van der Waals surface area contributed by atoms with Crippen LogP contribution in [0, 0.1) is 5.92 Å². The Morgan fingerprint density at radius 3 is 2.38 bits per heavy atom. The Balaban J connectivity index is 3.07. The lowest BCUT2D eigenvalue weighted by Crippen LogP contribution is -2.57. The van der Waals surface area contributed by atoms with Gasteiger partial charge in [0.1, 0.15) is 11.1 Å². The van der Waals surface area contributed by atoms with Gasteiger partial charge in [0, 0.05) is 6.54 Å². The quantitative estimate of drug-likeness (QED) is 0.752. The average molecular weight is 307 g/mol. The van der Waals surface area contributed by atoms with Crippen LogP contribution >= 0.6 is 0 Å². The smallest absolute Gasteiger partial charge is 0.411 e. The number of ether oxygens (including phenoxy) is 2. The van der Waals surface area contributed by atoms with Crippen LogP contribution < -0.4 is 0 Å². The Kier molecular flexibility index (Phi) is 5.17. The average Bonchev–Trinajstić information content (AvgIpc) is 2.66. The number of alkyl halides is 2. The summed E-state index contributed by atoms with van der Waals surface area (Å²) in [5, 5.41) is 0. The molecule has 0 unspecified atom stereocenters. The molecule has 1 aliphatic rings. The van der Waals surface area contributed by atoms with Gasteiger partial charge in [-0.05, 0) is 41.0 Å². The summed E-state index contributed by atoms with van der Waals surface area (Å²) < 4.78 is 36.6. The van der Waals surface area contributed by atoms with Crippen molar-refractivity contribution in [1.82, 2.24) is 4.90 Å². The van der Waals surface area contributed by atoms with E-state index in [4.69, 9.17) is 9.47 Å². The summed E-state index contributed by atoms with van der Waals surface area (Å²) in [5.41, 5.74) is -2.47. The van der Waals surface area contributed by atoms with Crippen LogP contribution in [0.1, 0.15) is 41.0 Å². The Hall–Kier alpha value is -1.40. The SMILES string of the molecule is CCOC(=O)[C@@]1(C)[C@H](C(F)F)CCN1C(=O)OC(C)(C)C.